The average molecular weight is 340 g/mol. The Kier molecular flexibility index (Phi) is 3.51. The van der Waals surface area contributed by atoms with Crippen molar-refractivity contribution in [1.82, 2.24) is 4.90 Å². The Morgan fingerprint density at radius 3 is 2.92 bits per heavy atom. The van der Waals surface area contributed by atoms with Gasteiger partial charge in [-0.05, 0) is 49.2 Å². The molecule has 25 heavy (non-hydrogen) atoms. The van der Waals surface area contributed by atoms with Gasteiger partial charge < -0.3 is 10.2 Å². The number of aliphatic hydroxyl groups is 1. The van der Waals surface area contributed by atoms with E-state index in [4.69, 9.17) is 4.99 Å². The van der Waals surface area contributed by atoms with Crippen molar-refractivity contribution in [2.45, 2.75) is 43.9 Å². The molecule has 1 saturated carbocycles. The lowest BCUT2D eigenvalue weighted by molar-refractivity contribution is -0.156. The summed E-state index contributed by atoms with van der Waals surface area (Å²) in [6.45, 7) is 2.01. The zero-order valence-electron chi connectivity index (χ0n) is 14.2. The second-order valence-electron chi connectivity index (χ2n) is 8.10. The van der Waals surface area contributed by atoms with Crippen LogP contribution in [0.25, 0.3) is 5.57 Å². The number of para-hydroxylation sites is 1. The number of aliphatic carboxylic acids is 1. The first-order chi connectivity index (χ1) is 12.1. The first-order valence-electron chi connectivity index (χ1n) is 9.44. The summed E-state index contributed by atoms with van der Waals surface area (Å²) in [6.07, 6.45) is 2.76. The highest BCUT2D eigenvalue weighted by Gasteiger charge is 2.50. The Bertz CT molecular complexity index is 836. The van der Waals surface area contributed by atoms with Gasteiger partial charge in [-0.25, -0.2) is 0 Å². The molecule has 0 radical (unpaired) electrons. The Labute approximate surface area is 146 Å². The molecular weight excluding hydrogens is 316 g/mol. The zero-order chi connectivity index (χ0) is 17.1. The van der Waals surface area contributed by atoms with E-state index in [1.54, 1.807) is 0 Å². The van der Waals surface area contributed by atoms with Gasteiger partial charge in [0.25, 0.3) is 0 Å². The lowest BCUT2D eigenvalue weighted by atomic mass is 9.64. The molecule has 5 nitrogen and oxygen atoms in total. The fraction of sp³-hybridized carbons (Fsp3) is 0.600. The highest BCUT2D eigenvalue weighted by Crippen LogP contribution is 2.45. The van der Waals surface area contributed by atoms with Crippen LogP contribution in [-0.2, 0) is 4.79 Å². The van der Waals surface area contributed by atoms with E-state index >= 15 is 0 Å². The summed E-state index contributed by atoms with van der Waals surface area (Å²) in [5, 5.41) is 22.3. The highest BCUT2D eigenvalue weighted by atomic mass is 16.4. The number of carboxylic acids is 1. The van der Waals surface area contributed by atoms with Crippen LogP contribution in [0.2, 0.25) is 0 Å². The summed E-state index contributed by atoms with van der Waals surface area (Å²) in [7, 11) is 0. The summed E-state index contributed by atoms with van der Waals surface area (Å²) in [5.74, 6) is -0.982. The van der Waals surface area contributed by atoms with Crippen LogP contribution in [-0.4, -0.2) is 52.4 Å². The molecule has 1 aromatic carbocycles. The molecule has 3 fully saturated rings. The summed E-state index contributed by atoms with van der Waals surface area (Å²) < 4.78 is 0. The number of fused-ring (bicyclic) bond motifs is 5. The zero-order valence-corrected chi connectivity index (χ0v) is 14.2. The Hall–Kier alpha value is -1.72. The molecule has 3 aliphatic heterocycles. The number of piperidine rings is 2. The number of aliphatic hydroxyl groups excluding tert-OH is 1. The number of carbonyl (C=O) groups is 1. The summed E-state index contributed by atoms with van der Waals surface area (Å²) in [6, 6.07) is 8.81. The summed E-state index contributed by atoms with van der Waals surface area (Å²) in [5.41, 5.74) is 1.43. The molecule has 2 saturated heterocycles. The van der Waals surface area contributed by atoms with Crippen molar-refractivity contribution in [1.29, 1.82) is 0 Å². The molecule has 0 aromatic heterocycles. The minimum atomic E-state index is -0.831. The third-order valence-electron chi connectivity index (χ3n) is 6.97. The molecule has 0 amide bonds. The van der Waals surface area contributed by atoms with Crippen LogP contribution in [0.15, 0.2) is 29.3 Å². The van der Waals surface area contributed by atoms with Gasteiger partial charge in [-0.3, -0.25) is 14.7 Å². The van der Waals surface area contributed by atoms with Crippen LogP contribution in [0.3, 0.4) is 0 Å². The van der Waals surface area contributed by atoms with E-state index in [9.17, 15) is 15.0 Å². The monoisotopic (exact) mass is 340 g/mol. The van der Waals surface area contributed by atoms with Gasteiger partial charge in [0, 0.05) is 24.4 Å². The quantitative estimate of drug-likeness (QED) is 0.776. The highest BCUT2D eigenvalue weighted by molar-refractivity contribution is 5.71. The number of nitrogens with zero attached hydrogens (tertiary/aromatic N) is 2. The fourth-order valence-electron chi connectivity index (χ4n) is 5.83. The molecule has 1 unspecified atom stereocenters. The second kappa shape index (κ2) is 5.64. The Morgan fingerprint density at radius 2 is 2.08 bits per heavy atom. The van der Waals surface area contributed by atoms with Crippen LogP contribution in [0.4, 0.5) is 0 Å². The predicted molar refractivity (Wildman–Crippen MR) is 92.4 cm³/mol. The molecule has 2 N–H and O–H groups in total. The molecule has 1 aromatic rings. The minimum absolute atomic E-state index is 0.0702. The van der Waals surface area contributed by atoms with Crippen molar-refractivity contribution in [3.05, 3.63) is 34.8 Å². The average Bonchev–Trinajstić information content (AvgIpc) is 2.99. The second-order valence-corrected chi connectivity index (χ2v) is 8.10. The first-order valence-corrected chi connectivity index (χ1v) is 9.44. The van der Waals surface area contributed by atoms with Gasteiger partial charge in [0.1, 0.15) is 0 Å². The van der Waals surface area contributed by atoms with E-state index in [0.717, 1.165) is 37.7 Å². The Morgan fingerprint density at radius 1 is 1.24 bits per heavy atom. The van der Waals surface area contributed by atoms with Crippen LogP contribution in [0.1, 0.15) is 25.7 Å². The van der Waals surface area contributed by atoms with E-state index in [0.29, 0.717) is 12.3 Å². The van der Waals surface area contributed by atoms with E-state index in [1.807, 2.05) is 6.07 Å². The number of benzene rings is 1. The molecule has 5 heteroatoms. The van der Waals surface area contributed by atoms with E-state index in [-0.39, 0.29) is 18.0 Å². The molecule has 132 valence electrons. The molecular formula is C20H24N2O3. The SMILES string of the molecule is O=C(O)[C@@H]1[C@H]2C[C@H]3C4N=c5ccccc5=C4CCN3C[C@@H]2CC[C@@H]1O. The van der Waals surface area contributed by atoms with Gasteiger partial charge in [0.2, 0.25) is 0 Å². The van der Waals surface area contributed by atoms with Crippen molar-refractivity contribution in [3.8, 4) is 0 Å². The van der Waals surface area contributed by atoms with Crippen LogP contribution in [0, 0.1) is 17.8 Å². The van der Waals surface area contributed by atoms with Crippen LogP contribution in [0.5, 0.6) is 0 Å². The number of hydrogen-bond acceptors (Lipinski definition) is 4. The molecule has 1 aliphatic carbocycles. The third-order valence-corrected chi connectivity index (χ3v) is 6.97. The van der Waals surface area contributed by atoms with Crippen molar-refractivity contribution in [2.24, 2.45) is 22.7 Å². The number of rotatable bonds is 1. The van der Waals surface area contributed by atoms with Crippen molar-refractivity contribution in [3.63, 3.8) is 0 Å². The summed E-state index contributed by atoms with van der Waals surface area (Å²) >= 11 is 0. The topological polar surface area (TPSA) is 73.1 Å². The lowest BCUT2D eigenvalue weighted by Gasteiger charge is -2.52. The molecule has 0 bridgehead atoms. The van der Waals surface area contributed by atoms with Gasteiger partial charge in [-0.2, -0.15) is 0 Å². The van der Waals surface area contributed by atoms with Gasteiger partial charge in [-0.1, -0.05) is 18.2 Å². The molecule has 3 heterocycles. The number of carboxylic acid groups (broad SMARTS) is 1. The minimum Gasteiger partial charge on any atom is -0.481 e. The summed E-state index contributed by atoms with van der Waals surface area (Å²) in [4.78, 5) is 19.3. The maximum Gasteiger partial charge on any atom is 0.309 e. The van der Waals surface area contributed by atoms with Crippen molar-refractivity contribution >= 4 is 11.5 Å². The van der Waals surface area contributed by atoms with Gasteiger partial charge in [0.05, 0.1) is 23.4 Å². The van der Waals surface area contributed by atoms with E-state index < -0.39 is 18.0 Å². The van der Waals surface area contributed by atoms with Crippen LogP contribution < -0.4 is 10.6 Å². The Balaban J connectivity index is 1.50. The number of hydrogen-bond donors (Lipinski definition) is 2. The lowest BCUT2D eigenvalue weighted by Crippen LogP contribution is -2.59. The molecule has 6 atom stereocenters. The predicted octanol–water partition coefficient (Wildman–Crippen LogP) is 0.405. The first kappa shape index (κ1) is 15.5. The van der Waals surface area contributed by atoms with E-state index in [1.165, 1.54) is 10.8 Å². The standard InChI is InChI=1S/C20H24N2O3/c23-17-6-5-11-10-22-8-7-13-12-3-1-2-4-15(12)21-19(13)16(22)9-14(11)18(17)20(24)25/h1-4,11,14,16-19,23H,5-10H2,(H,24,25)/t11-,14-,16-,17-,18+,19?/m0/s1. The molecule has 0 spiro atoms. The smallest absolute Gasteiger partial charge is 0.309 e. The largest absolute Gasteiger partial charge is 0.481 e. The fourth-order valence-corrected chi connectivity index (χ4v) is 5.83. The molecule has 5 rings (SSSR count). The maximum atomic E-state index is 11.8. The van der Waals surface area contributed by atoms with Gasteiger partial charge >= 0.3 is 5.97 Å². The van der Waals surface area contributed by atoms with Crippen molar-refractivity contribution in [2.75, 3.05) is 13.1 Å². The van der Waals surface area contributed by atoms with Crippen molar-refractivity contribution < 1.29 is 15.0 Å². The maximum absolute atomic E-state index is 11.8. The van der Waals surface area contributed by atoms with Crippen LogP contribution >= 0.6 is 0 Å². The normalized spacial score (nSPS) is 39.6. The van der Waals surface area contributed by atoms with Gasteiger partial charge in [0.15, 0.2) is 0 Å². The molecule has 4 aliphatic rings. The third kappa shape index (κ3) is 2.29. The van der Waals surface area contributed by atoms with E-state index in [2.05, 4.69) is 23.1 Å². The van der Waals surface area contributed by atoms with Gasteiger partial charge in [-0.15, -0.1) is 0 Å².